The van der Waals surface area contributed by atoms with Gasteiger partial charge in [0.2, 0.25) is 0 Å². The highest BCUT2D eigenvalue weighted by Gasteiger charge is 1.92. The topological polar surface area (TPSA) is 71.4 Å². The van der Waals surface area contributed by atoms with Crippen LogP contribution in [-0.4, -0.2) is 23.4 Å². The quantitative estimate of drug-likeness (QED) is 0.263. The van der Waals surface area contributed by atoms with Gasteiger partial charge in [0.05, 0.1) is 0 Å². The van der Waals surface area contributed by atoms with Crippen LogP contribution in [0.25, 0.3) is 0 Å². The van der Waals surface area contributed by atoms with Gasteiger partial charge < -0.3 is 0 Å². The van der Waals surface area contributed by atoms with E-state index in [0.29, 0.717) is 0 Å². The summed E-state index contributed by atoms with van der Waals surface area (Å²) < 4.78 is 37.6. The Hall–Kier alpha value is 0.410. The summed E-state index contributed by atoms with van der Waals surface area (Å²) in [5.74, 6) is 0. The van der Waals surface area contributed by atoms with Crippen molar-refractivity contribution in [3.05, 3.63) is 0 Å². The molecule has 52 valence electrons. The number of thiol groups is 2. The van der Waals surface area contributed by atoms with Crippen LogP contribution in [0.4, 0.5) is 0 Å². The molecular formula is CH6O4S3. The van der Waals surface area contributed by atoms with Crippen LogP contribution in [0.5, 0.6) is 0 Å². The second-order valence-corrected chi connectivity index (χ2v) is 8.01. The van der Waals surface area contributed by atoms with E-state index >= 15 is 0 Å². The standard InChI is InChI=1S/CH6O4S3/c1-7(2)6-8(3,4)5/h6-7H,1H3,(H,3,4,5). The van der Waals surface area contributed by atoms with Crippen LogP contribution in [0.15, 0.2) is 0 Å². The first-order valence-corrected chi connectivity index (χ1v) is 6.88. The molecule has 0 bridgehead atoms. The highest BCUT2D eigenvalue weighted by atomic mass is 33.3. The molecule has 1 unspecified atom stereocenters. The zero-order valence-electron chi connectivity index (χ0n) is 3.97. The molecule has 0 spiro atoms. The first-order chi connectivity index (χ1) is 3.42. The normalized spacial score (nSPS) is 17.2. The van der Waals surface area contributed by atoms with Crippen LogP contribution in [0.2, 0.25) is 0 Å². The predicted molar refractivity (Wildman–Crippen MR) is 35.8 cm³/mol. The lowest BCUT2D eigenvalue weighted by atomic mass is 12.0. The molecule has 0 fully saturated rings. The third-order valence-electron chi connectivity index (χ3n) is 0.218. The van der Waals surface area contributed by atoms with Gasteiger partial charge in [-0.15, -0.1) is 0 Å². The summed E-state index contributed by atoms with van der Waals surface area (Å²) in [4.78, 5) is 0. The summed E-state index contributed by atoms with van der Waals surface area (Å²) in [6.45, 7) is 0. The maximum Gasteiger partial charge on any atom is 0.317 e. The zero-order valence-corrected chi connectivity index (χ0v) is 6.58. The van der Waals surface area contributed by atoms with E-state index in [4.69, 9.17) is 4.55 Å². The van der Waals surface area contributed by atoms with E-state index in [-0.39, 0.29) is 0 Å². The Morgan fingerprint density at radius 2 is 2.00 bits per heavy atom. The Balaban J connectivity index is 4.63. The lowest BCUT2D eigenvalue weighted by molar-refractivity contribution is 0.503. The van der Waals surface area contributed by atoms with Gasteiger partial charge in [0.25, 0.3) is 0 Å². The maximum absolute atomic E-state index is 10.1. The van der Waals surface area contributed by atoms with E-state index in [1.165, 1.54) is 6.26 Å². The molecule has 0 aliphatic carbocycles. The van der Waals surface area contributed by atoms with Gasteiger partial charge in [0, 0.05) is 6.26 Å². The van der Waals surface area contributed by atoms with Crippen molar-refractivity contribution in [2.24, 2.45) is 0 Å². The highest BCUT2D eigenvalue weighted by Crippen LogP contribution is 1.76. The molecule has 0 heterocycles. The second-order valence-electron chi connectivity index (χ2n) is 0.994. The molecule has 0 radical (unpaired) electrons. The van der Waals surface area contributed by atoms with Gasteiger partial charge in [-0.05, 0) is 18.7 Å². The van der Waals surface area contributed by atoms with Crippen molar-refractivity contribution >= 4 is 27.9 Å². The monoisotopic (exact) mass is 178 g/mol. The average Bonchev–Trinajstić information content (AvgIpc) is 1.21. The van der Waals surface area contributed by atoms with Crippen LogP contribution < -0.4 is 0 Å². The Labute approximate surface area is 51.7 Å². The first kappa shape index (κ1) is 8.41. The van der Waals surface area contributed by atoms with Crippen molar-refractivity contribution in [2.75, 3.05) is 6.26 Å². The maximum atomic E-state index is 10.1. The molecule has 8 heavy (non-hydrogen) atoms. The molecule has 0 rings (SSSR count). The Kier molecular flexibility index (Phi) is 2.95. The fourth-order valence-electron chi connectivity index (χ4n) is 0.145. The largest absolute Gasteiger partial charge is 0.317 e. The van der Waals surface area contributed by atoms with Crippen LogP contribution in [0, 0.1) is 0 Å². The van der Waals surface area contributed by atoms with Gasteiger partial charge in [-0.2, -0.15) is 8.42 Å². The molecule has 0 aliphatic rings. The van der Waals surface area contributed by atoms with E-state index in [1.807, 2.05) is 0 Å². The fourth-order valence-corrected chi connectivity index (χ4v) is 3.92. The summed E-state index contributed by atoms with van der Waals surface area (Å²) in [6, 6.07) is 0. The Morgan fingerprint density at radius 3 is 2.00 bits per heavy atom. The van der Waals surface area contributed by atoms with E-state index in [0.717, 1.165) is 0 Å². The minimum absolute atomic E-state index is 0.408. The van der Waals surface area contributed by atoms with Crippen molar-refractivity contribution in [3.8, 4) is 0 Å². The van der Waals surface area contributed by atoms with E-state index in [9.17, 15) is 12.6 Å². The summed E-state index contributed by atoms with van der Waals surface area (Å²) >= 11 is 0. The molecule has 4 nitrogen and oxygen atoms in total. The number of hydrogen-bond acceptors (Lipinski definition) is 3. The minimum Gasteiger partial charge on any atom is -0.277 e. The van der Waals surface area contributed by atoms with E-state index < -0.39 is 27.9 Å². The lowest BCUT2D eigenvalue weighted by Crippen LogP contribution is -1.93. The Morgan fingerprint density at radius 1 is 1.62 bits per heavy atom. The number of hydrogen-bond donors (Lipinski definition) is 3. The van der Waals surface area contributed by atoms with Crippen LogP contribution in [0.1, 0.15) is 0 Å². The average molecular weight is 178 g/mol. The van der Waals surface area contributed by atoms with E-state index in [1.54, 1.807) is 0 Å². The van der Waals surface area contributed by atoms with Crippen molar-refractivity contribution in [1.29, 1.82) is 0 Å². The van der Waals surface area contributed by atoms with Gasteiger partial charge in [0.15, 0.2) is 0 Å². The fraction of sp³-hybridized carbons (Fsp3) is 1.00. The summed E-state index contributed by atoms with van der Waals surface area (Å²) in [5, 5.41) is 0. The van der Waals surface area contributed by atoms with Crippen LogP contribution >= 0.6 is 0 Å². The van der Waals surface area contributed by atoms with Gasteiger partial charge in [-0.1, -0.05) is 0 Å². The van der Waals surface area contributed by atoms with Crippen molar-refractivity contribution < 1.29 is 17.2 Å². The third-order valence-corrected chi connectivity index (χ3v) is 5.89. The molecule has 0 aromatic rings. The minimum atomic E-state index is -4.03. The van der Waals surface area contributed by atoms with Crippen molar-refractivity contribution in [1.82, 2.24) is 0 Å². The summed E-state index contributed by atoms with van der Waals surface area (Å²) in [7, 11) is -6.25. The highest BCUT2D eigenvalue weighted by molar-refractivity contribution is 8.72. The van der Waals surface area contributed by atoms with Gasteiger partial charge in [0.1, 0.15) is 0 Å². The van der Waals surface area contributed by atoms with Gasteiger partial charge in [-0.25, -0.2) is 0 Å². The predicted octanol–water partition coefficient (Wildman–Crippen LogP) is -1.37. The molecule has 0 aromatic heterocycles. The first-order valence-electron chi connectivity index (χ1n) is 1.53. The lowest BCUT2D eigenvalue weighted by Gasteiger charge is -1.79. The summed E-state index contributed by atoms with van der Waals surface area (Å²) in [5.41, 5.74) is 0. The van der Waals surface area contributed by atoms with Crippen molar-refractivity contribution in [2.45, 2.75) is 0 Å². The van der Waals surface area contributed by atoms with Crippen LogP contribution in [-0.2, 0) is 27.9 Å². The molecule has 0 saturated heterocycles. The molecule has 0 aromatic carbocycles. The van der Waals surface area contributed by atoms with Gasteiger partial charge in [-0.3, -0.25) is 8.76 Å². The molecule has 0 amide bonds. The molecule has 1 atom stereocenters. The molecule has 0 aliphatic heterocycles. The van der Waals surface area contributed by atoms with Crippen LogP contribution in [0.3, 0.4) is 0 Å². The van der Waals surface area contributed by atoms with Crippen molar-refractivity contribution in [3.63, 3.8) is 0 Å². The number of rotatable bonds is 1. The zero-order chi connectivity index (χ0) is 6.78. The Bertz CT molecular complexity index is 228. The smallest absolute Gasteiger partial charge is 0.277 e. The molecular weight excluding hydrogens is 172 g/mol. The molecule has 7 heteroatoms. The second kappa shape index (κ2) is 2.81. The summed E-state index contributed by atoms with van der Waals surface area (Å²) in [6.07, 6.45) is 1.23. The van der Waals surface area contributed by atoms with Gasteiger partial charge >= 0.3 is 9.15 Å². The molecule has 0 saturated carbocycles. The molecule has 1 N–H and O–H groups in total. The SMILES string of the molecule is C/[SH](=O)=[SH]\S(=O)(=O)O. The third kappa shape index (κ3) is 6.41. The van der Waals surface area contributed by atoms with E-state index in [2.05, 4.69) is 0 Å².